The molecule has 0 aliphatic rings. The maximum Gasteiger partial charge on any atom is 0.187 e. The molecule has 0 spiro atoms. The van der Waals surface area contributed by atoms with E-state index >= 15 is 0 Å². The molecule has 0 heterocycles. The highest BCUT2D eigenvalue weighted by molar-refractivity contribution is 5.50. The number of phenols is 1. The van der Waals surface area contributed by atoms with Crippen molar-refractivity contribution in [3.63, 3.8) is 0 Å². The van der Waals surface area contributed by atoms with Crippen molar-refractivity contribution in [2.45, 2.75) is 13.5 Å². The van der Waals surface area contributed by atoms with Gasteiger partial charge in [0.05, 0.1) is 0 Å². The Morgan fingerprint density at radius 3 is 2.33 bits per heavy atom. The van der Waals surface area contributed by atoms with Gasteiger partial charge in [-0.3, -0.25) is 0 Å². The first-order valence-corrected chi connectivity index (χ1v) is 5.54. The van der Waals surface area contributed by atoms with Crippen LogP contribution in [0.15, 0.2) is 36.4 Å². The van der Waals surface area contributed by atoms with Crippen LogP contribution in [0.1, 0.15) is 11.1 Å². The monoisotopic (exact) mass is 249 g/mol. The first kappa shape index (κ1) is 12.4. The Morgan fingerprint density at radius 2 is 1.72 bits per heavy atom. The molecular formula is C14H13F2NO. The SMILES string of the molecule is Cc1ccccc1NCc1cc(F)c(O)c(F)c1. The zero-order chi connectivity index (χ0) is 13.1. The van der Waals surface area contributed by atoms with E-state index in [4.69, 9.17) is 5.11 Å². The summed E-state index contributed by atoms with van der Waals surface area (Å²) in [6.07, 6.45) is 0. The summed E-state index contributed by atoms with van der Waals surface area (Å²) in [4.78, 5) is 0. The number of aromatic hydroxyl groups is 1. The Kier molecular flexibility index (Phi) is 3.46. The van der Waals surface area contributed by atoms with E-state index in [1.54, 1.807) is 0 Å². The molecule has 0 radical (unpaired) electrons. The van der Waals surface area contributed by atoms with Crippen LogP contribution in [0.5, 0.6) is 5.75 Å². The number of phenolic OH excluding ortho intramolecular Hbond substituents is 1. The zero-order valence-electron chi connectivity index (χ0n) is 9.87. The maximum atomic E-state index is 13.1. The van der Waals surface area contributed by atoms with Crippen LogP contribution in [0, 0.1) is 18.6 Å². The zero-order valence-corrected chi connectivity index (χ0v) is 9.87. The Balaban J connectivity index is 2.14. The minimum atomic E-state index is -0.948. The minimum absolute atomic E-state index is 0.291. The van der Waals surface area contributed by atoms with Crippen LogP contribution < -0.4 is 5.32 Å². The van der Waals surface area contributed by atoms with E-state index in [1.165, 1.54) is 0 Å². The summed E-state index contributed by atoms with van der Waals surface area (Å²) in [5, 5.41) is 12.1. The molecule has 2 aromatic carbocycles. The lowest BCUT2D eigenvalue weighted by Crippen LogP contribution is -2.02. The minimum Gasteiger partial charge on any atom is -0.503 e. The van der Waals surface area contributed by atoms with Gasteiger partial charge in [-0.05, 0) is 36.2 Å². The van der Waals surface area contributed by atoms with Gasteiger partial charge in [-0.1, -0.05) is 18.2 Å². The van der Waals surface area contributed by atoms with E-state index in [1.807, 2.05) is 31.2 Å². The fourth-order valence-corrected chi connectivity index (χ4v) is 1.69. The second-order valence-corrected chi connectivity index (χ2v) is 4.08. The number of hydrogen-bond acceptors (Lipinski definition) is 2. The Morgan fingerprint density at radius 1 is 1.11 bits per heavy atom. The van der Waals surface area contributed by atoms with Crippen molar-refractivity contribution in [3.05, 3.63) is 59.2 Å². The Labute approximate surface area is 104 Å². The molecule has 94 valence electrons. The number of halogens is 2. The number of para-hydroxylation sites is 1. The van der Waals surface area contributed by atoms with Crippen molar-refractivity contribution >= 4 is 5.69 Å². The topological polar surface area (TPSA) is 32.3 Å². The van der Waals surface area contributed by atoms with Gasteiger partial charge in [0, 0.05) is 12.2 Å². The number of rotatable bonds is 3. The lowest BCUT2D eigenvalue weighted by atomic mass is 10.1. The molecule has 4 heteroatoms. The second kappa shape index (κ2) is 5.04. The number of hydrogen-bond donors (Lipinski definition) is 2. The molecule has 0 aliphatic heterocycles. The molecule has 0 aliphatic carbocycles. The van der Waals surface area contributed by atoms with Crippen LogP contribution in [-0.4, -0.2) is 5.11 Å². The van der Waals surface area contributed by atoms with Crippen molar-refractivity contribution in [1.82, 2.24) is 0 Å². The second-order valence-electron chi connectivity index (χ2n) is 4.08. The average molecular weight is 249 g/mol. The highest BCUT2D eigenvalue weighted by Gasteiger charge is 2.09. The third kappa shape index (κ3) is 2.59. The van der Waals surface area contributed by atoms with Crippen LogP contribution in [0.4, 0.5) is 14.5 Å². The van der Waals surface area contributed by atoms with Gasteiger partial charge in [-0.15, -0.1) is 0 Å². The van der Waals surface area contributed by atoms with E-state index in [9.17, 15) is 8.78 Å². The molecule has 0 amide bonds. The van der Waals surface area contributed by atoms with Crippen molar-refractivity contribution < 1.29 is 13.9 Å². The fourth-order valence-electron chi connectivity index (χ4n) is 1.69. The molecule has 0 unspecified atom stereocenters. The molecule has 0 atom stereocenters. The van der Waals surface area contributed by atoms with Gasteiger partial charge in [0.2, 0.25) is 0 Å². The summed E-state index contributed by atoms with van der Waals surface area (Å²) >= 11 is 0. The molecule has 2 aromatic rings. The third-order valence-electron chi connectivity index (χ3n) is 2.70. The molecule has 18 heavy (non-hydrogen) atoms. The van der Waals surface area contributed by atoms with E-state index in [0.29, 0.717) is 12.1 Å². The summed E-state index contributed by atoms with van der Waals surface area (Å²) in [5.41, 5.74) is 2.40. The fraction of sp³-hybridized carbons (Fsp3) is 0.143. The van der Waals surface area contributed by atoms with Crippen LogP contribution in [0.25, 0.3) is 0 Å². The molecular weight excluding hydrogens is 236 g/mol. The highest BCUT2D eigenvalue weighted by Crippen LogP contribution is 2.22. The predicted molar refractivity (Wildman–Crippen MR) is 66.5 cm³/mol. The van der Waals surface area contributed by atoms with Crippen LogP contribution in [0.3, 0.4) is 0 Å². The summed E-state index contributed by atoms with van der Waals surface area (Å²) in [6, 6.07) is 9.86. The summed E-state index contributed by atoms with van der Waals surface area (Å²) in [7, 11) is 0. The van der Waals surface area contributed by atoms with Crippen molar-refractivity contribution in [2.24, 2.45) is 0 Å². The van der Waals surface area contributed by atoms with Crippen molar-refractivity contribution in [2.75, 3.05) is 5.32 Å². The number of nitrogens with one attached hydrogen (secondary N) is 1. The summed E-state index contributed by atoms with van der Waals surface area (Å²) in [6.45, 7) is 2.24. The standard InChI is InChI=1S/C14H13F2NO/c1-9-4-2-3-5-13(9)17-8-10-6-11(15)14(18)12(16)7-10/h2-7,17-18H,8H2,1H3. The van der Waals surface area contributed by atoms with Crippen LogP contribution in [0.2, 0.25) is 0 Å². The highest BCUT2D eigenvalue weighted by atomic mass is 19.1. The first-order chi connectivity index (χ1) is 8.58. The van der Waals surface area contributed by atoms with Gasteiger partial charge in [-0.25, -0.2) is 8.78 Å². The van der Waals surface area contributed by atoms with Gasteiger partial charge < -0.3 is 10.4 Å². The largest absolute Gasteiger partial charge is 0.503 e. The van der Waals surface area contributed by atoms with E-state index in [0.717, 1.165) is 23.4 Å². The normalized spacial score (nSPS) is 10.4. The third-order valence-corrected chi connectivity index (χ3v) is 2.70. The number of benzene rings is 2. The molecule has 0 saturated carbocycles. The van der Waals surface area contributed by atoms with Crippen molar-refractivity contribution in [1.29, 1.82) is 0 Å². The van der Waals surface area contributed by atoms with Gasteiger partial charge in [0.15, 0.2) is 17.4 Å². The Hall–Kier alpha value is -2.10. The number of anilines is 1. The van der Waals surface area contributed by atoms with Crippen LogP contribution >= 0.6 is 0 Å². The smallest absolute Gasteiger partial charge is 0.187 e. The molecule has 2 nitrogen and oxygen atoms in total. The van der Waals surface area contributed by atoms with Gasteiger partial charge in [0.1, 0.15) is 0 Å². The first-order valence-electron chi connectivity index (χ1n) is 5.54. The molecule has 0 bridgehead atoms. The summed E-state index contributed by atoms with van der Waals surface area (Å²) in [5.74, 6) is -2.83. The lowest BCUT2D eigenvalue weighted by molar-refractivity contribution is 0.395. The van der Waals surface area contributed by atoms with Gasteiger partial charge in [-0.2, -0.15) is 0 Å². The molecule has 0 saturated heterocycles. The van der Waals surface area contributed by atoms with Gasteiger partial charge >= 0.3 is 0 Å². The van der Waals surface area contributed by atoms with E-state index < -0.39 is 17.4 Å². The quantitative estimate of drug-likeness (QED) is 0.871. The van der Waals surface area contributed by atoms with E-state index in [2.05, 4.69) is 5.32 Å². The molecule has 0 aromatic heterocycles. The molecule has 2 rings (SSSR count). The maximum absolute atomic E-state index is 13.1. The van der Waals surface area contributed by atoms with E-state index in [-0.39, 0.29) is 0 Å². The number of aryl methyl sites for hydroxylation is 1. The molecule has 2 N–H and O–H groups in total. The predicted octanol–water partition coefficient (Wildman–Crippen LogP) is 3.59. The molecule has 0 fully saturated rings. The lowest BCUT2D eigenvalue weighted by Gasteiger charge is -2.10. The van der Waals surface area contributed by atoms with Gasteiger partial charge in [0.25, 0.3) is 0 Å². The Bertz CT molecular complexity index is 546. The summed E-state index contributed by atoms with van der Waals surface area (Å²) < 4.78 is 26.3. The van der Waals surface area contributed by atoms with Crippen LogP contribution in [-0.2, 0) is 6.54 Å². The average Bonchev–Trinajstić information content (AvgIpc) is 2.35. The van der Waals surface area contributed by atoms with Crippen molar-refractivity contribution in [3.8, 4) is 5.75 Å².